The van der Waals surface area contributed by atoms with Crippen LogP contribution in [0.3, 0.4) is 0 Å². The first-order chi connectivity index (χ1) is 9.29. The Hall–Kier alpha value is -1.72. The topological polar surface area (TPSA) is 23.6 Å². The Balaban J connectivity index is 2.13. The van der Waals surface area contributed by atoms with Gasteiger partial charge in [0, 0.05) is 33.1 Å². The molecule has 0 aliphatic carbocycles. The Morgan fingerprint density at radius 3 is 2.65 bits per heavy atom. The number of likely N-dealkylation sites (tertiary alicyclic amines) is 1. The van der Waals surface area contributed by atoms with E-state index in [9.17, 15) is 18.0 Å². The zero-order valence-corrected chi connectivity index (χ0v) is 11.4. The van der Waals surface area contributed by atoms with E-state index < -0.39 is 11.7 Å². The van der Waals surface area contributed by atoms with Gasteiger partial charge in [0.2, 0.25) is 0 Å². The van der Waals surface area contributed by atoms with E-state index in [-0.39, 0.29) is 11.9 Å². The van der Waals surface area contributed by atoms with Crippen molar-refractivity contribution in [2.45, 2.75) is 18.5 Å². The molecule has 1 heterocycles. The molecule has 110 valence electrons. The summed E-state index contributed by atoms with van der Waals surface area (Å²) in [5, 5.41) is 0. The third-order valence-electron chi connectivity index (χ3n) is 3.53. The highest BCUT2D eigenvalue weighted by molar-refractivity contribution is 5.74. The van der Waals surface area contributed by atoms with E-state index in [2.05, 4.69) is 0 Å². The predicted molar refractivity (Wildman–Crippen MR) is 69.5 cm³/mol. The first-order valence-electron chi connectivity index (χ1n) is 6.42. The summed E-state index contributed by atoms with van der Waals surface area (Å²) in [7, 11) is 3.33. The van der Waals surface area contributed by atoms with Crippen LogP contribution >= 0.6 is 0 Å². The molecule has 1 aromatic rings. The molecular formula is C14H17F3N2O. The van der Waals surface area contributed by atoms with Gasteiger partial charge in [-0.15, -0.1) is 0 Å². The fourth-order valence-electron chi connectivity index (χ4n) is 2.46. The number of alkyl halides is 3. The summed E-state index contributed by atoms with van der Waals surface area (Å²) in [6.07, 6.45) is -3.63. The summed E-state index contributed by atoms with van der Waals surface area (Å²) in [6.45, 7) is 1.05. The maximum Gasteiger partial charge on any atom is 0.416 e. The van der Waals surface area contributed by atoms with E-state index in [0.29, 0.717) is 25.1 Å². The molecule has 0 radical (unpaired) electrons. The fraction of sp³-hybridized carbons (Fsp3) is 0.500. The number of carbonyl (C=O) groups is 1. The number of amides is 2. The lowest BCUT2D eigenvalue weighted by molar-refractivity contribution is -0.137. The van der Waals surface area contributed by atoms with E-state index in [4.69, 9.17) is 0 Å². The van der Waals surface area contributed by atoms with Crippen LogP contribution in [0, 0.1) is 0 Å². The van der Waals surface area contributed by atoms with E-state index in [1.54, 1.807) is 25.1 Å². The monoisotopic (exact) mass is 286 g/mol. The summed E-state index contributed by atoms with van der Waals surface area (Å²) in [5.74, 6) is -0.0267. The van der Waals surface area contributed by atoms with Gasteiger partial charge in [0.15, 0.2) is 0 Å². The molecular weight excluding hydrogens is 269 g/mol. The largest absolute Gasteiger partial charge is 0.416 e. The second kappa shape index (κ2) is 5.34. The van der Waals surface area contributed by atoms with Gasteiger partial charge in [0.05, 0.1) is 5.56 Å². The van der Waals surface area contributed by atoms with Gasteiger partial charge in [-0.3, -0.25) is 0 Å². The minimum atomic E-state index is -4.33. The van der Waals surface area contributed by atoms with Crippen LogP contribution in [0.15, 0.2) is 24.3 Å². The first-order valence-corrected chi connectivity index (χ1v) is 6.42. The summed E-state index contributed by atoms with van der Waals surface area (Å²) in [4.78, 5) is 15.0. The second-order valence-corrected chi connectivity index (χ2v) is 5.23. The van der Waals surface area contributed by atoms with Crippen LogP contribution in [0.4, 0.5) is 18.0 Å². The number of benzene rings is 1. The molecule has 20 heavy (non-hydrogen) atoms. The van der Waals surface area contributed by atoms with Crippen molar-refractivity contribution in [2.24, 2.45) is 0 Å². The Morgan fingerprint density at radius 1 is 1.35 bits per heavy atom. The predicted octanol–water partition coefficient (Wildman–Crippen LogP) is 3.18. The molecule has 6 heteroatoms. The molecule has 2 amide bonds. The van der Waals surface area contributed by atoms with Gasteiger partial charge >= 0.3 is 12.2 Å². The molecule has 1 unspecified atom stereocenters. The standard InChI is InChI=1S/C14H17F3N2O/c1-18(2)13(20)19-7-6-11(9-19)10-4-3-5-12(8-10)14(15,16)17/h3-5,8,11H,6-7,9H2,1-2H3. The van der Waals surface area contributed by atoms with Crippen LogP contribution in [0.25, 0.3) is 0 Å². The van der Waals surface area contributed by atoms with Crippen LogP contribution in [-0.2, 0) is 6.18 Å². The van der Waals surface area contributed by atoms with Crippen molar-refractivity contribution in [1.82, 2.24) is 9.80 Å². The number of hydrogen-bond donors (Lipinski definition) is 0. The normalized spacial score (nSPS) is 19.2. The van der Waals surface area contributed by atoms with Gasteiger partial charge < -0.3 is 9.80 Å². The highest BCUT2D eigenvalue weighted by Gasteiger charge is 2.33. The number of nitrogens with zero attached hydrogens (tertiary/aromatic N) is 2. The summed E-state index contributed by atoms with van der Waals surface area (Å²) < 4.78 is 38.1. The molecule has 1 aromatic carbocycles. The molecule has 0 bridgehead atoms. The average Bonchev–Trinajstić information content (AvgIpc) is 2.86. The lowest BCUT2D eigenvalue weighted by Gasteiger charge is -2.21. The molecule has 0 saturated carbocycles. The van der Waals surface area contributed by atoms with Gasteiger partial charge in [-0.1, -0.05) is 18.2 Å². The highest BCUT2D eigenvalue weighted by Crippen LogP contribution is 2.33. The number of rotatable bonds is 1. The lowest BCUT2D eigenvalue weighted by Crippen LogP contribution is -2.37. The van der Waals surface area contributed by atoms with Gasteiger partial charge in [0.25, 0.3) is 0 Å². The maximum atomic E-state index is 12.7. The average molecular weight is 286 g/mol. The number of halogens is 3. The third kappa shape index (κ3) is 3.05. The van der Waals surface area contributed by atoms with Gasteiger partial charge in [-0.25, -0.2) is 4.79 Å². The molecule has 1 aliphatic heterocycles. The van der Waals surface area contributed by atoms with Crippen molar-refractivity contribution in [3.8, 4) is 0 Å². The van der Waals surface area contributed by atoms with E-state index in [1.165, 1.54) is 17.0 Å². The lowest BCUT2D eigenvalue weighted by atomic mass is 9.96. The minimum absolute atomic E-state index is 0.0267. The Labute approximate surface area is 116 Å². The van der Waals surface area contributed by atoms with Crippen molar-refractivity contribution in [3.63, 3.8) is 0 Å². The SMILES string of the molecule is CN(C)C(=O)N1CCC(c2cccc(C(F)(F)F)c2)C1. The highest BCUT2D eigenvalue weighted by atomic mass is 19.4. The Morgan fingerprint density at radius 2 is 2.05 bits per heavy atom. The smallest absolute Gasteiger partial charge is 0.331 e. The van der Waals surface area contributed by atoms with Gasteiger partial charge in [-0.2, -0.15) is 13.2 Å². The van der Waals surface area contributed by atoms with E-state index >= 15 is 0 Å². The zero-order valence-electron chi connectivity index (χ0n) is 11.4. The molecule has 1 atom stereocenters. The van der Waals surface area contributed by atoms with Crippen molar-refractivity contribution in [1.29, 1.82) is 0 Å². The third-order valence-corrected chi connectivity index (χ3v) is 3.53. The van der Waals surface area contributed by atoms with E-state index in [0.717, 1.165) is 6.07 Å². The molecule has 1 aliphatic rings. The molecule has 1 saturated heterocycles. The minimum Gasteiger partial charge on any atom is -0.331 e. The summed E-state index contributed by atoms with van der Waals surface area (Å²) in [5.41, 5.74) is 0.0151. The van der Waals surface area contributed by atoms with E-state index in [1.807, 2.05) is 0 Å². The number of urea groups is 1. The molecule has 1 fully saturated rings. The summed E-state index contributed by atoms with van der Waals surface area (Å²) >= 11 is 0. The van der Waals surface area contributed by atoms with Crippen LogP contribution in [0.5, 0.6) is 0 Å². The first kappa shape index (κ1) is 14.7. The van der Waals surface area contributed by atoms with Gasteiger partial charge in [-0.05, 0) is 18.1 Å². The van der Waals surface area contributed by atoms with Crippen molar-refractivity contribution >= 4 is 6.03 Å². The van der Waals surface area contributed by atoms with Crippen LogP contribution < -0.4 is 0 Å². The van der Waals surface area contributed by atoms with Gasteiger partial charge in [0.1, 0.15) is 0 Å². The molecule has 3 nitrogen and oxygen atoms in total. The Kier molecular flexibility index (Phi) is 3.92. The maximum absolute atomic E-state index is 12.7. The van der Waals surface area contributed by atoms with Crippen molar-refractivity contribution in [2.75, 3.05) is 27.2 Å². The second-order valence-electron chi connectivity index (χ2n) is 5.23. The van der Waals surface area contributed by atoms with Crippen LogP contribution in [-0.4, -0.2) is 43.0 Å². The molecule has 0 N–H and O–H groups in total. The van der Waals surface area contributed by atoms with Crippen molar-refractivity contribution in [3.05, 3.63) is 35.4 Å². The van der Waals surface area contributed by atoms with Crippen LogP contribution in [0.2, 0.25) is 0 Å². The summed E-state index contributed by atoms with van der Waals surface area (Å²) in [6, 6.07) is 5.28. The fourth-order valence-corrected chi connectivity index (χ4v) is 2.46. The molecule has 0 spiro atoms. The zero-order chi connectivity index (χ0) is 14.9. The quantitative estimate of drug-likeness (QED) is 0.778. The molecule has 0 aromatic heterocycles. The number of hydrogen-bond acceptors (Lipinski definition) is 1. The molecule has 2 rings (SSSR count). The number of carbonyl (C=O) groups excluding carboxylic acids is 1. The van der Waals surface area contributed by atoms with Crippen LogP contribution in [0.1, 0.15) is 23.5 Å². The van der Waals surface area contributed by atoms with Crippen molar-refractivity contribution < 1.29 is 18.0 Å². The Bertz CT molecular complexity index is 499.